The maximum absolute atomic E-state index is 10.3. The van der Waals surface area contributed by atoms with E-state index in [1.165, 1.54) is 0 Å². The van der Waals surface area contributed by atoms with Crippen molar-refractivity contribution in [2.24, 2.45) is 0 Å². The Hall–Kier alpha value is -2.88. The van der Waals surface area contributed by atoms with Crippen molar-refractivity contribution in [2.45, 2.75) is 33.4 Å². The van der Waals surface area contributed by atoms with Crippen molar-refractivity contribution < 1.29 is 14.9 Å². The molecule has 0 bridgehead atoms. The molecule has 31 heavy (non-hydrogen) atoms. The topological polar surface area (TPSA) is 120 Å². The highest BCUT2D eigenvalue weighted by molar-refractivity contribution is 6.07. The van der Waals surface area contributed by atoms with Crippen LogP contribution in [-0.2, 0) is 11.3 Å². The van der Waals surface area contributed by atoms with Crippen molar-refractivity contribution in [3.63, 3.8) is 0 Å². The van der Waals surface area contributed by atoms with Gasteiger partial charge >= 0.3 is 0 Å². The number of allylic oxidation sites excluding steroid dienone is 5. The summed E-state index contributed by atoms with van der Waals surface area (Å²) in [5.74, 6) is 1.44. The molecule has 0 amide bonds. The van der Waals surface area contributed by atoms with Crippen molar-refractivity contribution in [2.75, 3.05) is 37.8 Å². The zero-order valence-electron chi connectivity index (χ0n) is 18.3. The molecule has 1 aliphatic heterocycles. The van der Waals surface area contributed by atoms with Crippen LogP contribution in [0.1, 0.15) is 38.5 Å². The fourth-order valence-electron chi connectivity index (χ4n) is 3.49. The van der Waals surface area contributed by atoms with E-state index in [0.717, 1.165) is 5.57 Å². The fourth-order valence-corrected chi connectivity index (χ4v) is 3.49. The Morgan fingerprint density at radius 1 is 1.29 bits per heavy atom. The molecule has 0 saturated carbocycles. The number of rotatable bonds is 8. The quantitative estimate of drug-likeness (QED) is 0.437. The van der Waals surface area contributed by atoms with Crippen molar-refractivity contribution in [3.05, 3.63) is 42.0 Å². The van der Waals surface area contributed by atoms with E-state index >= 15 is 0 Å². The molecule has 0 aliphatic carbocycles. The van der Waals surface area contributed by atoms with Crippen LogP contribution < -0.4 is 4.90 Å². The van der Waals surface area contributed by atoms with Gasteiger partial charge in [0, 0.05) is 25.2 Å². The summed E-state index contributed by atoms with van der Waals surface area (Å²) in [6, 6.07) is 0. The van der Waals surface area contributed by atoms with Gasteiger partial charge in [0.1, 0.15) is 11.9 Å². The van der Waals surface area contributed by atoms with E-state index in [0.29, 0.717) is 72.8 Å². The number of fused-ring (bicyclic) bond motifs is 1. The molecule has 3 heterocycles. The van der Waals surface area contributed by atoms with E-state index in [2.05, 4.69) is 16.5 Å². The number of aromatic nitrogens is 4. The third-order valence-electron chi connectivity index (χ3n) is 5.14. The van der Waals surface area contributed by atoms with Gasteiger partial charge in [-0.1, -0.05) is 12.7 Å². The molecule has 0 spiro atoms. The average Bonchev–Trinajstić information content (AvgIpc) is 3.17. The van der Waals surface area contributed by atoms with Gasteiger partial charge in [-0.3, -0.25) is 0 Å². The van der Waals surface area contributed by atoms with Gasteiger partial charge < -0.3 is 29.8 Å². The van der Waals surface area contributed by atoms with Crippen molar-refractivity contribution in [1.82, 2.24) is 19.5 Å². The summed E-state index contributed by atoms with van der Waals surface area (Å²) < 4.78 is 7.27. The number of nitrogens with zero attached hydrogens (tertiary/aromatic N) is 5. The number of ether oxygens (including phenoxy) is 1. The summed E-state index contributed by atoms with van der Waals surface area (Å²) in [5.41, 5.74) is 2.87. The van der Waals surface area contributed by atoms with Crippen molar-refractivity contribution >= 4 is 28.3 Å². The minimum atomic E-state index is -1.11. The lowest BCUT2D eigenvalue weighted by Gasteiger charge is -2.28. The van der Waals surface area contributed by atoms with Crippen LogP contribution in [0.4, 0.5) is 5.82 Å². The van der Waals surface area contributed by atoms with E-state index in [9.17, 15) is 10.2 Å². The van der Waals surface area contributed by atoms with Gasteiger partial charge in [0.25, 0.3) is 0 Å². The van der Waals surface area contributed by atoms with Gasteiger partial charge in [-0.05, 0) is 38.5 Å². The molecule has 166 valence electrons. The lowest BCUT2D eigenvalue weighted by Crippen LogP contribution is -2.37. The first-order valence-corrected chi connectivity index (χ1v) is 10.4. The summed E-state index contributed by atoms with van der Waals surface area (Å²) in [7, 11) is 0. The van der Waals surface area contributed by atoms with E-state index in [1.807, 2.05) is 26.8 Å². The fraction of sp³-hybridized carbons (Fsp3) is 0.455. The summed E-state index contributed by atoms with van der Waals surface area (Å²) in [4.78, 5) is 16.2. The number of aryl methyl sites for hydroxylation is 1. The van der Waals surface area contributed by atoms with E-state index < -0.39 is 12.7 Å². The van der Waals surface area contributed by atoms with Gasteiger partial charge in [-0.2, -0.15) is 0 Å². The zero-order valence-corrected chi connectivity index (χ0v) is 18.3. The molecule has 9 nitrogen and oxygen atoms in total. The molecule has 3 N–H and O–H groups in total. The number of hydrogen-bond donors (Lipinski definition) is 3. The Morgan fingerprint density at radius 2 is 2.00 bits per heavy atom. The van der Waals surface area contributed by atoms with Gasteiger partial charge in [0.15, 0.2) is 22.8 Å². The number of hydrogen-bond acceptors (Lipinski definition) is 8. The summed E-state index contributed by atoms with van der Waals surface area (Å²) in [6.07, 6.45) is 4.22. The maximum Gasteiger partial charge on any atom is 0.166 e. The molecule has 1 unspecified atom stereocenters. The summed E-state index contributed by atoms with van der Waals surface area (Å²) in [6.45, 7) is 12.4. The van der Waals surface area contributed by atoms with Gasteiger partial charge in [0.2, 0.25) is 0 Å². The lowest BCUT2D eigenvalue weighted by molar-refractivity contribution is 0.0861. The number of nitrogens with one attached hydrogen (secondary N) is 1. The molecule has 1 fully saturated rings. The molecule has 0 aromatic carbocycles. The molecule has 1 saturated heterocycles. The van der Waals surface area contributed by atoms with E-state index in [1.54, 1.807) is 16.7 Å². The Balaban J connectivity index is 2.17. The number of morpholine rings is 1. The molecule has 1 atom stereocenters. The Kier molecular flexibility index (Phi) is 7.32. The smallest absolute Gasteiger partial charge is 0.166 e. The molecule has 2 aromatic heterocycles. The Labute approximate surface area is 181 Å². The lowest BCUT2D eigenvalue weighted by atomic mass is 10.1. The second-order valence-electron chi connectivity index (χ2n) is 7.32. The second-order valence-corrected chi connectivity index (χ2v) is 7.32. The average molecular weight is 427 g/mol. The summed E-state index contributed by atoms with van der Waals surface area (Å²) >= 11 is 0. The standard InChI is InChI=1S/C22H30N6O3/c1-5-7-16(23)14(3)12-15(4)19-25-21(27-8-10-31-11-9-27)18-22(26-19)28(6-2)20(24-18)17(30)13-29/h5,7,12,17,23,29-30H,4,6,8-11,13H2,1-3H3/b7-5-,14-12+,23-16?. The van der Waals surface area contributed by atoms with Crippen molar-refractivity contribution in [1.29, 1.82) is 5.41 Å². The second kappa shape index (κ2) is 9.95. The van der Waals surface area contributed by atoms with Crippen LogP contribution >= 0.6 is 0 Å². The molecule has 9 heteroatoms. The Morgan fingerprint density at radius 3 is 2.61 bits per heavy atom. The first kappa shape index (κ1) is 22.8. The number of aliphatic hydroxyl groups excluding tert-OH is 2. The normalized spacial score (nSPS) is 16.3. The highest BCUT2D eigenvalue weighted by atomic mass is 16.5. The molecular formula is C22H30N6O3. The van der Waals surface area contributed by atoms with Gasteiger partial charge in [-0.25, -0.2) is 15.0 Å². The predicted molar refractivity (Wildman–Crippen MR) is 121 cm³/mol. The van der Waals surface area contributed by atoms with Crippen molar-refractivity contribution in [3.8, 4) is 0 Å². The Bertz CT molecular complexity index is 1030. The predicted octanol–water partition coefficient (Wildman–Crippen LogP) is 2.26. The molecule has 2 aromatic rings. The highest BCUT2D eigenvalue weighted by Crippen LogP contribution is 2.29. The van der Waals surface area contributed by atoms with E-state index in [4.69, 9.17) is 20.1 Å². The first-order valence-electron chi connectivity index (χ1n) is 10.4. The SMILES string of the molecule is C=C(/C=C(\C)C(=N)/C=C\C)c1nc(N2CCOCC2)c2nc(C(O)CO)n(CC)c2n1. The van der Waals surface area contributed by atoms with Crippen LogP contribution in [0, 0.1) is 5.41 Å². The van der Waals surface area contributed by atoms with Gasteiger partial charge in [0.05, 0.1) is 25.5 Å². The van der Waals surface area contributed by atoms with Crippen LogP contribution in [0.25, 0.3) is 16.7 Å². The maximum atomic E-state index is 10.3. The van der Waals surface area contributed by atoms with Crippen LogP contribution in [-0.4, -0.2) is 68.4 Å². The minimum Gasteiger partial charge on any atom is -0.393 e. The third-order valence-corrected chi connectivity index (χ3v) is 5.14. The monoisotopic (exact) mass is 426 g/mol. The number of aliphatic hydroxyl groups is 2. The van der Waals surface area contributed by atoms with Crippen LogP contribution in [0.2, 0.25) is 0 Å². The number of imidazole rings is 1. The largest absolute Gasteiger partial charge is 0.393 e. The van der Waals surface area contributed by atoms with E-state index in [-0.39, 0.29) is 0 Å². The van der Waals surface area contributed by atoms with Crippen LogP contribution in [0.3, 0.4) is 0 Å². The van der Waals surface area contributed by atoms with Gasteiger partial charge in [-0.15, -0.1) is 0 Å². The number of anilines is 1. The first-order chi connectivity index (χ1) is 14.9. The molecule has 3 rings (SSSR count). The summed E-state index contributed by atoms with van der Waals surface area (Å²) in [5, 5.41) is 27.9. The molecular weight excluding hydrogens is 396 g/mol. The zero-order chi connectivity index (χ0) is 22.5. The molecule has 1 aliphatic rings. The van der Waals surface area contributed by atoms with Crippen LogP contribution in [0.15, 0.2) is 30.4 Å². The van der Waals surface area contributed by atoms with Crippen LogP contribution in [0.5, 0.6) is 0 Å². The highest BCUT2D eigenvalue weighted by Gasteiger charge is 2.25. The molecule has 0 radical (unpaired) electrons. The third kappa shape index (κ3) is 4.73. The minimum absolute atomic E-state index is 0.355.